The number of anilines is 1. The highest BCUT2D eigenvalue weighted by Gasteiger charge is 2.29. The third-order valence-electron chi connectivity index (χ3n) is 2.49. The molecular weight excluding hydrogens is 246 g/mol. The van der Waals surface area contributed by atoms with Gasteiger partial charge in [-0.05, 0) is 26.0 Å². The van der Waals surface area contributed by atoms with Crippen LogP contribution in [0.1, 0.15) is 20.8 Å². The van der Waals surface area contributed by atoms with Gasteiger partial charge < -0.3 is 14.8 Å². The minimum absolute atomic E-state index is 0.146. The summed E-state index contributed by atoms with van der Waals surface area (Å²) in [5, 5.41) is 2.67. The van der Waals surface area contributed by atoms with Crippen molar-refractivity contribution in [2.75, 3.05) is 19.0 Å². The molecule has 0 fully saturated rings. The molecule has 0 saturated carbocycles. The maximum Gasteiger partial charge on any atom is 0.314 e. The number of hydrogen-bond acceptors (Lipinski definition) is 4. The van der Waals surface area contributed by atoms with Crippen LogP contribution in [-0.2, 0) is 14.3 Å². The van der Waals surface area contributed by atoms with Crippen LogP contribution >= 0.6 is 0 Å². The minimum atomic E-state index is -0.723. The highest BCUT2D eigenvalue weighted by atomic mass is 16.5. The summed E-state index contributed by atoms with van der Waals surface area (Å²) in [5.41, 5.74) is -0.0699. The molecule has 0 spiro atoms. The van der Waals surface area contributed by atoms with Gasteiger partial charge in [-0.15, -0.1) is 0 Å². The summed E-state index contributed by atoms with van der Waals surface area (Å²) in [6, 6.07) is 7.00. The maximum absolute atomic E-state index is 11.5. The average Bonchev–Trinajstić information content (AvgIpc) is 2.35. The summed E-state index contributed by atoms with van der Waals surface area (Å²) in [7, 11) is 1.35. The first-order chi connectivity index (χ1) is 8.85. The zero-order chi connectivity index (χ0) is 14.5. The molecule has 0 aliphatic heterocycles. The molecule has 0 atom stereocenters. The van der Waals surface area contributed by atoms with Crippen LogP contribution in [0, 0.1) is 5.41 Å². The Kier molecular flexibility index (Phi) is 4.92. The zero-order valence-electron chi connectivity index (χ0n) is 11.6. The number of benzene rings is 1. The lowest BCUT2D eigenvalue weighted by atomic mass is 9.95. The molecule has 0 aliphatic carbocycles. The molecule has 0 bridgehead atoms. The van der Waals surface area contributed by atoms with Gasteiger partial charge in [-0.1, -0.05) is 6.07 Å². The summed E-state index contributed by atoms with van der Waals surface area (Å²) < 4.78 is 10.3. The van der Waals surface area contributed by atoms with Gasteiger partial charge in [-0.25, -0.2) is 0 Å². The van der Waals surface area contributed by atoms with Gasteiger partial charge in [0.15, 0.2) is 0 Å². The van der Waals surface area contributed by atoms with E-state index in [2.05, 4.69) is 5.32 Å². The van der Waals surface area contributed by atoms with Crippen LogP contribution in [0.5, 0.6) is 5.75 Å². The molecule has 1 aromatic carbocycles. The average molecular weight is 265 g/mol. The minimum Gasteiger partial charge on any atom is -0.492 e. The number of esters is 1. The van der Waals surface area contributed by atoms with Crippen LogP contribution in [0.25, 0.3) is 0 Å². The lowest BCUT2D eigenvalue weighted by Gasteiger charge is -2.21. The number of methoxy groups -OCH3 is 1. The Bertz CT molecular complexity index is 468. The second-order valence-electron chi connectivity index (χ2n) is 4.87. The number of rotatable bonds is 5. The van der Waals surface area contributed by atoms with Crippen molar-refractivity contribution in [1.82, 2.24) is 0 Å². The van der Waals surface area contributed by atoms with Crippen LogP contribution in [-0.4, -0.2) is 25.6 Å². The Hall–Kier alpha value is -2.04. The van der Waals surface area contributed by atoms with Crippen molar-refractivity contribution >= 4 is 17.6 Å². The van der Waals surface area contributed by atoms with Crippen LogP contribution in [0.3, 0.4) is 0 Å². The summed E-state index contributed by atoms with van der Waals surface area (Å²) in [4.78, 5) is 22.5. The Labute approximate surface area is 112 Å². The van der Waals surface area contributed by atoms with E-state index in [1.807, 2.05) is 0 Å². The molecule has 1 N–H and O–H groups in total. The molecule has 0 aromatic heterocycles. The van der Waals surface area contributed by atoms with E-state index in [-0.39, 0.29) is 18.5 Å². The van der Waals surface area contributed by atoms with E-state index >= 15 is 0 Å². The van der Waals surface area contributed by atoms with Gasteiger partial charge in [0.2, 0.25) is 5.91 Å². The third kappa shape index (κ3) is 4.62. The van der Waals surface area contributed by atoms with E-state index in [9.17, 15) is 9.59 Å². The van der Waals surface area contributed by atoms with Gasteiger partial charge in [0.05, 0.1) is 12.5 Å². The molecule has 5 heteroatoms. The van der Waals surface area contributed by atoms with E-state index < -0.39 is 5.41 Å². The molecule has 1 aromatic rings. The van der Waals surface area contributed by atoms with Crippen LogP contribution in [0.2, 0.25) is 0 Å². The fourth-order valence-corrected chi connectivity index (χ4v) is 1.47. The maximum atomic E-state index is 11.5. The van der Waals surface area contributed by atoms with Gasteiger partial charge in [0.1, 0.15) is 12.4 Å². The quantitative estimate of drug-likeness (QED) is 0.829. The second-order valence-corrected chi connectivity index (χ2v) is 4.87. The number of carbonyl (C=O) groups excluding carboxylic acids is 2. The molecule has 104 valence electrons. The van der Waals surface area contributed by atoms with Crippen molar-refractivity contribution in [3.63, 3.8) is 0 Å². The SMILES string of the molecule is COC(=O)C(C)(C)COc1cccc(NC(C)=O)c1. The molecule has 0 heterocycles. The number of carbonyl (C=O) groups is 2. The fourth-order valence-electron chi connectivity index (χ4n) is 1.47. The topological polar surface area (TPSA) is 64.6 Å². The predicted molar refractivity (Wildman–Crippen MR) is 72.0 cm³/mol. The highest BCUT2D eigenvalue weighted by Crippen LogP contribution is 2.22. The molecule has 19 heavy (non-hydrogen) atoms. The Morgan fingerprint density at radius 1 is 1.32 bits per heavy atom. The fraction of sp³-hybridized carbons (Fsp3) is 0.429. The molecule has 0 radical (unpaired) electrons. The highest BCUT2D eigenvalue weighted by molar-refractivity contribution is 5.88. The van der Waals surface area contributed by atoms with Crippen molar-refractivity contribution in [2.45, 2.75) is 20.8 Å². The third-order valence-corrected chi connectivity index (χ3v) is 2.49. The number of hydrogen-bond donors (Lipinski definition) is 1. The van der Waals surface area contributed by atoms with Gasteiger partial charge >= 0.3 is 5.97 Å². The van der Waals surface area contributed by atoms with E-state index in [1.54, 1.807) is 38.1 Å². The Morgan fingerprint density at radius 2 is 2.00 bits per heavy atom. The van der Waals surface area contributed by atoms with Crippen molar-refractivity contribution in [2.24, 2.45) is 5.41 Å². The molecule has 0 unspecified atom stereocenters. The van der Waals surface area contributed by atoms with Crippen molar-refractivity contribution < 1.29 is 19.1 Å². The summed E-state index contributed by atoms with van der Waals surface area (Å²) in [6.07, 6.45) is 0. The van der Waals surface area contributed by atoms with E-state index in [1.165, 1.54) is 14.0 Å². The van der Waals surface area contributed by atoms with Crippen LogP contribution in [0.15, 0.2) is 24.3 Å². The summed E-state index contributed by atoms with van der Waals surface area (Å²) >= 11 is 0. The number of nitrogens with one attached hydrogen (secondary N) is 1. The molecule has 1 rings (SSSR count). The Balaban J connectivity index is 2.67. The van der Waals surface area contributed by atoms with E-state index in [0.717, 1.165) is 0 Å². The monoisotopic (exact) mass is 265 g/mol. The molecule has 0 saturated heterocycles. The molecule has 5 nitrogen and oxygen atoms in total. The first kappa shape index (κ1) is 15.0. The lowest BCUT2D eigenvalue weighted by molar-refractivity contribution is -0.152. The van der Waals surface area contributed by atoms with E-state index in [0.29, 0.717) is 11.4 Å². The van der Waals surface area contributed by atoms with Crippen LogP contribution in [0.4, 0.5) is 5.69 Å². The second kappa shape index (κ2) is 6.22. The first-order valence-corrected chi connectivity index (χ1v) is 5.94. The Morgan fingerprint density at radius 3 is 2.58 bits per heavy atom. The largest absolute Gasteiger partial charge is 0.492 e. The zero-order valence-corrected chi connectivity index (χ0v) is 11.6. The molecule has 1 amide bonds. The van der Waals surface area contributed by atoms with Crippen molar-refractivity contribution in [3.05, 3.63) is 24.3 Å². The number of ether oxygens (including phenoxy) is 2. The van der Waals surface area contributed by atoms with Crippen molar-refractivity contribution in [3.8, 4) is 5.75 Å². The lowest BCUT2D eigenvalue weighted by Crippen LogP contribution is -2.32. The first-order valence-electron chi connectivity index (χ1n) is 5.94. The molecule has 0 aliphatic rings. The molecular formula is C14H19NO4. The standard InChI is InChI=1S/C14H19NO4/c1-10(16)15-11-6-5-7-12(8-11)19-9-14(2,3)13(17)18-4/h5-8H,9H2,1-4H3,(H,15,16). The van der Waals surface area contributed by atoms with E-state index in [4.69, 9.17) is 9.47 Å². The van der Waals surface area contributed by atoms with Gasteiger partial charge in [0, 0.05) is 18.7 Å². The summed E-state index contributed by atoms with van der Waals surface area (Å²) in [6.45, 7) is 5.13. The number of amides is 1. The normalized spacial score (nSPS) is 10.7. The predicted octanol–water partition coefficient (Wildman–Crippen LogP) is 2.22. The van der Waals surface area contributed by atoms with Gasteiger partial charge in [-0.3, -0.25) is 9.59 Å². The van der Waals surface area contributed by atoms with Crippen molar-refractivity contribution in [1.29, 1.82) is 0 Å². The van der Waals surface area contributed by atoms with Gasteiger partial charge in [0.25, 0.3) is 0 Å². The van der Waals surface area contributed by atoms with Crippen LogP contribution < -0.4 is 10.1 Å². The smallest absolute Gasteiger partial charge is 0.314 e. The van der Waals surface area contributed by atoms with Gasteiger partial charge in [-0.2, -0.15) is 0 Å². The summed E-state index contributed by atoms with van der Waals surface area (Å²) in [5.74, 6) is 0.112.